The first kappa shape index (κ1) is 15.2. The third-order valence-electron chi connectivity index (χ3n) is 2.79. The van der Waals surface area contributed by atoms with Gasteiger partial charge >= 0.3 is 0 Å². The topological polar surface area (TPSA) is 101 Å². The van der Waals surface area contributed by atoms with Crippen LogP contribution in [0.3, 0.4) is 0 Å². The largest absolute Gasteiger partial charge is 0.360 e. The number of hydrazine groups is 1. The number of nitrogens with zero attached hydrogens (tertiary/aromatic N) is 2. The summed E-state index contributed by atoms with van der Waals surface area (Å²) in [7, 11) is 0. The Labute approximate surface area is 114 Å². The number of pyridine rings is 1. The molecule has 6 heteroatoms. The fraction of sp³-hybridized carbons (Fsp3) is 0.538. The van der Waals surface area contributed by atoms with Crippen molar-refractivity contribution in [2.24, 2.45) is 22.2 Å². The highest BCUT2D eigenvalue weighted by atomic mass is 15.3. The van der Waals surface area contributed by atoms with Crippen molar-refractivity contribution in [1.82, 2.24) is 10.4 Å². The van der Waals surface area contributed by atoms with Gasteiger partial charge in [0.2, 0.25) is 0 Å². The van der Waals surface area contributed by atoms with Crippen LogP contribution in [-0.4, -0.2) is 16.9 Å². The molecule has 0 bridgehead atoms. The van der Waals surface area contributed by atoms with Crippen LogP contribution in [0, 0.1) is 5.41 Å². The van der Waals surface area contributed by atoms with E-state index in [9.17, 15) is 0 Å². The quantitative estimate of drug-likeness (QED) is 0.279. The van der Waals surface area contributed by atoms with E-state index in [2.05, 4.69) is 41.6 Å². The zero-order valence-electron chi connectivity index (χ0n) is 11.9. The van der Waals surface area contributed by atoms with Gasteiger partial charge in [0.25, 0.3) is 0 Å². The van der Waals surface area contributed by atoms with Gasteiger partial charge in [0.1, 0.15) is 5.82 Å². The molecule has 0 saturated heterocycles. The van der Waals surface area contributed by atoms with Crippen molar-refractivity contribution >= 4 is 11.7 Å². The zero-order chi connectivity index (χ0) is 14.3. The zero-order valence-corrected chi connectivity index (χ0v) is 11.9. The Hall–Kier alpha value is -1.82. The molecular weight excluding hydrogens is 240 g/mol. The second-order valence-corrected chi connectivity index (χ2v) is 5.67. The number of rotatable bonds is 5. The monoisotopic (exact) mass is 264 g/mol. The maximum atomic E-state index is 5.46. The Morgan fingerprint density at radius 2 is 2.16 bits per heavy atom. The summed E-state index contributed by atoms with van der Waals surface area (Å²) in [6.07, 6.45) is 3.61. The van der Waals surface area contributed by atoms with E-state index in [0.717, 1.165) is 18.7 Å². The molecule has 0 fully saturated rings. The number of hydrogen-bond acceptors (Lipinski definition) is 5. The minimum Gasteiger partial charge on any atom is -0.360 e. The molecule has 106 valence electrons. The molecule has 1 atom stereocenters. The Balaban J connectivity index is 2.75. The Morgan fingerprint density at radius 1 is 1.42 bits per heavy atom. The predicted molar refractivity (Wildman–Crippen MR) is 79.3 cm³/mol. The lowest BCUT2D eigenvalue weighted by Crippen LogP contribution is -2.44. The highest BCUT2D eigenvalue weighted by Crippen LogP contribution is 2.22. The molecule has 6 nitrogen and oxygen atoms in total. The van der Waals surface area contributed by atoms with E-state index in [1.54, 1.807) is 6.20 Å². The van der Waals surface area contributed by atoms with Crippen molar-refractivity contribution in [3.05, 3.63) is 24.4 Å². The molecule has 0 amide bonds. The Morgan fingerprint density at radius 3 is 2.63 bits per heavy atom. The molecule has 0 saturated carbocycles. The lowest BCUT2D eigenvalue weighted by Gasteiger charge is -2.24. The van der Waals surface area contributed by atoms with Crippen LogP contribution in [0.15, 0.2) is 29.5 Å². The Bertz CT molecular complexity index is 395. The van der Waals surface area contributed by atoms with Crippen molar-refractivity contribution in [2.45, 2.75) is 39.7 Å². The number of anilines is 1. The molecule has 19 heavy (non-hydrogen) atoms. The van der Waals surface area contributed by atoms with E-state index in [4.69, 9.17) is 11.7 Å². The second-order valence-electron chi connectivity index (χ2n) is 5.67. The normalized spacial score (nSPS) is 14.0. The molecule has 0 radical (unpaired) electrons. The molecule has 0 spiro atoms. The highest BCUT2D eigenvalue weighted by Gasteiger charge is 2.19. The standard InChI is InChI=1S/C13H24N6/c1-13(2,3)8-7-10(12(18-14)19-15)17-11-6-4-5-9-16-11/h4-6,9-10H,7-8,14-15H2,1-3H3,(H,16,17)(H,18,19). The minimum atomic E-state index is -0.0795. The maximum absolute atomic E-state index is 5.46. The summed E-state index contributed by atoms with van der Waals surface area (Å²) >= 11 is 0. The van der Waals surface area contributed by atoms with Crippen molar-refractivity contribution in [3.8, 4) is 0 Å². The second kappa shape index (κ2) is 6.94. The summed E-state index contributed by atoms with van der Waals surface area (Å²) in [4.78, 5) is 4.24. The number of hydrazone groups is 1. The molecule has 0 aromatic carbocycles. The number of amidine groups is 1. The van der Waals surface area contributed by atoms with Crippen molar-refractivity contribution < 1.29 is 0 Å². The first-order valence-electron chi connectivity index (χ1n) is 6.38. The van der Waals surface area contributed by atoms with E-state index in [-0.39, 0.29) is 11.5 Å². The average Bonchev–Trinajstić information content (AvgIpc) is 2.37. The fourth-order valence-electron chi connectivity index (χ4n) is 1.71. The average molecular weight is 264 g/mol. The number of aromatic nitrogens is 1. The maximum Gasteiger partial charge on any atom is 0.158 e. The van der Waals surface area contributed by atoms with Crippen molar-refractivity contribution in [3.63, 3.8) is 0 Å². The minimum absolute atomic E-state index is 0.0795. The molecule has 0 aliphatic heterocycles. The Kier molecular flexibility index (Phi) is 5.57. The lowest BCUT2D eigenvalue weighted by molar-refractivity contribution is 0.363. The summed E-state index contributed by atoms with van der Waals surface area (Å²) in [5.74, 6) is 12.1. The van der Waals surface area contributed by atoms with Crippen LogP contribution in [0.25, 0.3) is 0 Å². The van der Waals surface area contributed by atoms with E-state index < -0.39 is 0 Å². The van der Waals surface area contributed by atoms with Gasteiger partial charge in [-0.15, -0.1) is 0 Å². The number of hydrogen-bond donors (Lipinski definition) is 4. The number of nitrogens with one attached hydrogen (secondary N) is 2. The van der Waals surface area contributed by atoms with Crippen LogP contribution < -0.4 is 22.4 Å². The molecule has 1 heterocycles. The van der Waals surface area contributed by atoms with E-state index in [1.165, 1.54) is 0 Å². The molecule has 0 aliphatic rings. The number of nitrogens with two attached hydrogens (primary N) is 2. The molecule has 1 unspecified atom stereocenters. The fourth-order valence-corrected chi connectivity index (χ4v) is 1.71. The molecule has 1 aromatic heterocycles. The third-order valence-corrected chi connectivity index (χ3v) is 2.79. The van der Waals surface area contributed by atoms with Gasteiger partial charge in [-0.3, -0.25) is 0 Å². The van der Waals surface area contributed by atoms with Crippen LogP contribution >= 0.6 is 0 Å². The molecule has 1 aromatic rings. The molecule has 1 rings (SSSR count). The van der Waals surface area contributed by atoms with Crippen LogP contribution in [0.5, 0.6) is 0 Å². The van der Waals surface area contributed by atoms with Crippen molar-refractivity contribution in [2.75, 3.05) is 5.32 Å². The predicted octanol–water partition coefficient (Wildman–Crippen LogP) is 1.42. The van der Waals surface area contributed by atoms with Gasteiger partial charge < -0.3 is 16.6 Å². The lowest BCUT2D eigenvalue weighted by atomic mass is 9.88. The molecule has 6 N–H and O–H groups in total. The van der Waals surface area contributed by atoms with Gasteiger partial charge in [0, 0.05) is 6.20 Å². The smallest absolute Gasteiger partial charge is 0.158 e. The summed E-state index contributed by atoms with van der Waals surface area (Å²) in [6.45, 7) is 6.58. The first-order chi connectivity index (χ1) is 8.96. The van der Waals surface area contributed by atoms with Gasteiger partial charge in [-0.1, -0.05) is 26.8 Å². The summed E-state index contributed by atoms with van der Waals surface area (Å²) < 4.78 is 0. The first-order valence-corrected chi connectivity index (χ1v) is 6.38. The SMILES string of the molecule is CC(C)(C)CCC(Nc1ccccn1)/C(=N/N)NN. The van der Waals surface area contributed by atoms with Gasteiger partial charge in [-0.05, 0) is 30.4 Å². The third kappa shape index (κ3) is 5.56. The molecular formula is C13H24N6. The summed E-state index contributed by atoms with van der Waals surface area (Å²) in [6, 6.07) is 5.61. The van der Waals surface area contributed by atoms with E-state index in [0.29, 0.717) is 5.84 Å². The van der Waals surface area contributed by atoms with E-state index in [1.807, 2.05) is 18.2 Å². The van der Waals surface area contributed by atoms with Gasteiger partial charge in [-0.25, -0.2) is 10.8 Å². The van der Waals surface area contributed by atoms with Gasteiger partial charge in [0.05, 0.1) is 6.04 Å². The van der Waals surface area contributed by atoms with Gasteiger partial charge in [-0.2, -0.15) is 5.10 Å². The van der Waals surface area contributed by atoms with Crippen LogP contribution in [-0.2, 0) is 0 Å². The van der Waals surface area contributed by atoms with Crippen LogP contribution in [0.4, 0.5) is 5.82 Å². The van der Waals surface area contributed by atoms with Gasteiger partial charge in [0.15, 0.2) is 5.84 Å². The van der Waals surface area contributed by atoms with E-state index >= 15 is 0 Å². The van der Waals surface area contributed by atoms with Crippen molar-refractivity contribution in [1.29, 1.82) is 0 Å². The van der Waals surface area contributed by atoms with Crippen LogP contribution in [0.2, 0.25) is 0 Å². The molecule has 0 aliphatic carbocycles. The summed E-state index contributed by atoms with van der Waals surface area (Å²) in [5, 5.41) is 6.98. The van der Waals surface area contributed by atoms with Crippen LogP contribution in [0.1, 0.15) is 33.6 Å². The highest BCUT2D eigenvalue weighted by molar-refractivity contribution is 5.88. The summed E-state index contributed by atoms with van der Waals surface area (Å²) in [5.41, 5.74) is 2.78.